The Morgan fingerprint density at radius 2 is 2.11 bits per heavy atom. The van der Waals surface area contributed by atoms with Crippen molar-refractivity contribution in [1.29, 1.82) is 0 Å². The number of ether oxygens (including phenoxy) is 1. The van der Waals surface area contributed by atoms with Gasteiger partial charge in [0.2, 0.25) is 11.7 Å². The molecule has 1 aliphatic rings. The Bertz CT molecular complexity index is 743. The van der Waals surface area contributed by atoms with E-state index >= 15 is 0 Å². The molecule has 28 heavy (non-hydrogen) atoms. The normalized spacial score (nSPS) is 14.3. The van der Waals surface area contributed by atoms with Crippen LogP contribution in [0, 0.1) is 5.92 Å². The van der Waals surface area contributed by atoms with Gasteiger partial charge in [-0.3, -0.25) is 4.99 Å². The van der Waals surface area contributed by atoms with Crippen LogP contribution in [-0.2, 0) is 11.2 Å². The van der Waals surface area contributed by atoms with Gasteiger partial charge in [-0.15, -0.1) is 0 Å². The summed E-state index contributed by atoms with van der Waals surface area (Å²) in [7, 11) is 0. The minimum atomic E-state index is 0.568. The van der Waals surface area contributed by atoms with Crippen molar-refractivity contribution in [2.24, 2.45) is 10.9 Å². The van der Waals surface area contributed by atoms with Gasteiger partial charge in [0.25, 0.3) is 0 Å². The largest absolute Gasteiger partial charge is 0.381 e. The Morgan fingerprint density at radius 1 is 1.29 bits per heavy atom. The monoisotopic (exact) mass is 405 g/mol. The van der Waals surface area contributed by atoms with E-state index in [0.717, 1.165) is 50.2 Å². The lowest BCUT2D eigenvalue weighted by Crippen LogP contribution is -2.38. The van der Waals surface area contributed by atoms with Crippen LogP contribution in [0.25, 0.3) is 11.4 Å². The highest BCUT2D eigenvalue weighted by Crippen LogP contribution is 2.28. The minimum absolute atomic E-state index is 0.568. The van der Waals surface area contributed by atoms with Crippen molar-refractivity contribution in [2.45, 2.75) is 32.6 Å². The summed E-state index contributed by atoms with van der Waals surface area (Å²) >= 11 is 5.91. The molecule has 152 valence electrons. The summed E-state index contributed by atoms with van der Waals surface area (Å²) in [5.41, 5.74) is 0.881. The topological polar surface area (TPSA) is 84.6 Å². The first kappa shape index (κ1) is 20.6. The highest BCUT2D eigenvalue weighted by molar-refractivity contribution is 6.30. The zero-order chi connectivity index (χ0) is 19.6. The third-order valence-corrected chi connectivity index (χ3v) is 4.57. The lowest BCUT2D eigenvalue weighted by atomic mass is 10.2. The number of hydrogen-bond donors (Lipinski definition) is 2. The molecule has 1 heterocycles. The highest BCUT2D eigenvalue weighted by atomic mass is 35.5. The van der Waals surface area contributed by atoms with Crippen LogP contribution in [-0.4, -0.2) is 48.9 Å². The molecule has 0 bridgehead atoms. The molecular weight excluding hydrogens is 378 g/mol. The van der Waals surface area contributed by atoms with E-state index in [9.17, 15) is 0 Å². The van der Waals surface area contributed by atoms with E-state index in [2.05, 4.69) is 25.8 Å². The van der Waals surface area contributed by atoms with Gasteiger partial charge < -0.3 is 19.9 Å². The molecule has 0 atom stereocenters. The van der Waals surface area contributed by atoms with E-state index in [4.69, 9.17) is 20.9 Å². The summed E-state index contributed by atoms with van der Waals surface area (Å²) < 4.78 is 11.0. The van der Waals surface area contributed by atoms with Crippen LogP contribution >= 0.6 is 11.6 Å². The van der Waals surface area contributed by atoms with Crippen LogP contribution in [0.5, 0.6) is 0 Å². The summed E-state index contributed by atoms with van der Waals surface area (Å²) in [5.74, 6) is 2.76. The van der Waals surface area contributed by atoms with Crippen LogP contribution < -0.4 is 10.6 Å². The Balaban J connectivity index is 1.38. The molecule has 2 N–H and O–H groups in total. The number of benzene rings is 1. The predicted molar refractivity (Wildman–Crippen MR) is 111 cm³/mol. The molecule has 1 aromatic carbocycles. The Morgan fingerprint density at radius 3 is 2.86 bits per heavy atom. The first-order valence-electron chi connectivity index (χ1n) is 9.93. The molecule has 0 amide bonds. The van der Waals surface area contributed by atoms with Crippen LogP contribution in [0.15, 0.2) is 33.8 Å². The Labute approximate surface area is 170 Å². The van der Waals surface area contributed by atoms with Crippen LogP contribution in [0.1, 0.15) is 32.1 Å². The summed E-state index contributed by atoms with van der Waals surface area (Å²) in [5, 5.41) is 11.3. The van der Waals surface area contributed by atoms with Gasteiger partial charge in [-0.05, 0) is 56.4 Å². The van der Waals surface area contributed by atoms with Crippen molar-refractivity contribution in [1.82, 2.24) is 20.8 Å². The van der Waals surface area contributed by atoms with Gasteiger partial charge in [0.1, 0.15) is 0 Å². The number of aromatic nitrogens is 2. The predicted octanol–water partition coefficient (Wildman–Crippen LogP) is 3.30. The highest BCUT2D eigenvalue weighted by Gasteiger charge is 2.20. The number of nitrogens with one attached hydrogen (secondary N) is 2. The lowest BCUT2D eigenvalue weighted by molar-refractivity contribution is 0.123. The molecule has 1 saturated carbocycles. The Kier molecular flexibility index (Phi) is 8.11. The molecule has 3 rings (SSSR count). The van der Waals surface area contributed by atoms with Crippen LogP contribution in [0.4, 0.5) is 0 Å². The Hall–Kier alpha value is -2.12. The first-order valence-corrected chi connectivity index (χ1v) is 10.3. The molecule has 1 aliphatic carbocycles. The second-order valence-corrected chi connectivity index (χ2v) is 7.26. The minimum Gasteiger partial charge on any atom is -0.381 e. The first-order chi connectivity index (χ1) is 13.7. The number of nitrogens with zero attached hydrogens (tertiary/aromatic N) is 3. The van der Waals surface area contributed by atoms with Crippen molar-refractivity contribution in [3.05, 3.63) is 35.2 Å². The molecule has 0 radical (unpaired) electrons. The van der Waals surface area contributed by atoms with Gasteiger partial charge >= 0.3 is 0 Å². The maximum absolute atomic E-state index is 5.91. The second-order valence-electron chi connectivity index (χ2n) is 6.83. The summed E-state index contributed by atoms with van der Waals surface area (Å²) in [4.78, 5) is 9.00. The van der Waals surface area contributed by atoms with Crippen LogP contribution in [0.2, 0.25) is 5.02 Å². The number of guanidine groups is 1. The number of hydrogen-bond acceptors (Lipinski definition) is 5. The molecule has 2 aromatic rings. The molecular formula is C20H28ClN5O2. The van der Waals surface area contributed by atoms with E-state index in [-0.39, 0.29) is 0 Å². The van der Waals surface area contributed by atoms with Crippen molar-refractivity contribution < 1.29 is 9.26 Å². The zero-order valence-corrected chi connectivity index (χ0v) is 17.0. The zero-order valence-electron chi connectivity index (χ0n) is 16.3. The fraction of sp³-hybridized carbons (Fsp3) is 0.550. The molecule has 0 unspecified atom stereocenters. The van der Waals surface area contributed by atoms with Gasteiger partial charge in [-0.25, -0.2) is 0 Å². The van der Waals surface area contributed by atoms with Crippen molar-refractivity contribution >= 4 is 17.6 Å². The standard InChI is InChI=1S/C20H28ClN5O2/c1-2-22-20(23-11-3-13-27-14-15-4-5-15)24-12-10-18-25-19(26-28-18)16-6-8-17(21)9-7-16/h6-9,15H,2-5,10-14H2,1H3,(H2,22,23,24). The summed E-state index contributed by atoms with van der Waals surface area (Å²) in [6.07, 6.45) is 4.20. The number of aliphatic imine (C=N–C) groups is 1. The smallest absolute Gasteiger partial charge is 0.228 e. The van der Waals surface area contributed by atoms with Gasteiger partial charge in [0.05, 0.1) is 0 Å². The molecule has 1 aromatic heterocycles. The van der Waals surface area contributed by atoms with Gasteiger partial charge in [-0.1, -0.05) is 16.8 Å². The molecule has 1 fully saturated rings. The molecule has 0 spiro atoms. The summed E-state index contributed by atoms with van der Waals surface area (Å²) in [6, 6.07) is 7.37. The van der Waals surface area contributed by atoms with E-state index < -0.39 is 0 Å². The fourth-order valence-electron chi connectivity index (χ4n) is 2.59. The van der Waals surface area contributed by atoms with E-state index in [0.29, 0.717) is 29.7 Å². The van der Waals surface area contributed by atoms with Gasteiger partial charge in [-0.2, -0.15) is 4.98 Å². The van der Waals surface area contributed by atoms with Gasteiger partial charge in [0, 0.05) is 49.9 Å². The fourth-order valence-corrected chi connectivity index (χ4v) is 2.72. The average molecular weight is 406 g/mol. The number of halogens is 1. The maximum Gasteiger partial charge on any atom is 0.228 e. The van der Waals surface area contributed by atoms with Crippen molar-refractivity contribution in [3.63, 3.8) is 0 Å². The maximum atomic E-state index is 5.91. The third kappa shape index (κ3) is 7.13. The average Bonchev–Trinajstić information content (AvgIpc) is 3.41. The van der Waals surface area contributed by atoms with E-state index in [1.165, 1.54) is 12.8 Å². The SMILES string of the molecule is CCNC(=NCCCOCC1CC1)NCCc1nc(-c2ccc(Cl)cc2)no1. The lowest BCUT2D eigenvalue weighted by Gasteiger charge is -2.10. The van der Waals surface area contributed by atoms with Gasteiger partial charge in [0.15, 0.2) is 5.96 Å². The molecule has 0 saturated heterocycles. The van der Waals surface area contributed by atoms with Crippen molar-refractivity contribution in [2.75, 3.05) is 32.8 Å². The molecule has 0 aliphatic heterocycles. The summed E-state index contributed by atoms with van der Waals surface area (Å²) in [6.45, 7) is 5.93. The van der Waals surface area contributed by atoms with E-state index in [1.54, 1.807) is 0 Å². The van der Waals surface area contributed by atoms with Crippen LogP contribution in [0.3, 0.4) is 0 Å². The second kappa shape index (κ2) is 11.0. The van der Waals surface area contributed by atoms with Crippen molar-refractivity contribution in [3.8, 4) is 11.4 Å². The van der Waals surface area contributed by atoms with E-state index in [1.807, 2.05) is 31.2 Å². The molecule has 7 nitrogen and oxygen atoms in total. The molecule has 8 heteroatoms. The number of rotatable bonds is 11. The third-order valence-electron chi connectivity index (χ3n) is 4.31. The quantitative estimate of drug-likeness (QED) is 0.339.